The zero-order valence-electron chi connectivity index (χ0n) is 4.02. The Kier molecular flexibility index (Phi) is 0.982. The normalized spacial score (nSPS) is 30.4. The first-order valence-electron chi connectivity index (χ1n) is 2.28. The predicted molar refractivity (Wildman–Crippen MR) is 22.3 cm³/mol. The van der Waals surface area contributed by atoms with Crippen LogP contribution in [-0.4, -0.2) is 18.6 Å². The molecule has 1 atom stereocenters. The predicted octanol–water partition coefficient (Wildman–Crippen LogP) is -1.46. The zero-order valence-corrected chi connectivity index (χ0v) is 4.02. The third-order valence-electron chi connectivity index (χ3n) is 0.935. The van der Waals surface area contributed by atoms with Gasteiger partial charge in [-0.05, 0) is 0 Å². The smallest absolute Gasteiger partial charge is 0.312 e. The van der Waals surface area contributed by atoms with Crippen molar-refractivity contribution in [2.45, 2.75) is 12.5 Å². The molecule has 0 aliphatic carbocycles. The maximum atomic E-state index is 10.2. The Morgan fingerprint density at radius 3 is 2.71 bits per heavy atom. The van der Waals surface area contributed by atoms with Crippen molar-refractivity contribution in [2.75, 3.05) is 6.61 Å². The minimum absolute atomic E-state index is 0.111. The molecular weight excluding hydrogens is 94.0 g/mol. The van der Waals surface area contributed by atoms with E-state index in [0.29, 0.717) is 13.0 Å². The molecule has 1 unspecified atom stereocenters. The van der Waals surface area contributed by atoms with Crippen LogP contribution in [0, 0.1) is 0 Å². The molecule has 1 aliphatic rings. The van der Waals surface area contributed by atoms with Crippen molar-refractivity contribution >= 4 is 5.97 Å². The monoisotopic (exact) mass is 102 g/mol. The van der Waals surface area contributed by atoms with E-state index >= 15 is 0 Å². The van der Waals surface area contributed by atoms with Gasteiger partial charge in [0, 0.05) is 0 Å². The Morgan fingerprint density at radius 1 is 1.86 bits per heavy atom. The topological polar surface area (TPSA) is 53.9 Å². The fourth-order valence-electron chi connectivity index (χ4n) is 0.564. The lowest BCUT2D eigenvalue weighted by molar-refractivity contribution is -0.416. The summed E-state index contributed by atoms with van der Waals surface area (Å²) < 4.78 is 4.56. The van der Waals surface area contributed by atoms with E-state index in [-0.39, 0.29) is 12.0 Å². The highest BCUT2D eigenvalue weighted by Gasteiger charge is 2.22. The third-order valence-corrected chi connectivity index (χ3v) is 0.935. The van der Waals surface area contributed by atoms with E-state index < -0.39 is 0 Å². The molecule has 3 N–H and O–H groups in total. The van der Waals surface area contributed by atoms with Gasteiger partial charge in [0.15, 0.2) is 0 Å². The summed E-state index contributed by atoms with van der Waals surface area (Å²) >= 11 is 0. The third kappa shape index (κ3) is 0.899. The summed E-state index contributed by atoms with van der Waals surface area (Å²) in [6, 6.07) is 0.201. The SMILES string of the molecule is [NH3+]C1COC(=O)C1. The molecule has 0 saturated carbocycles. The molecule has 0 amide bonds. The van der Waals surface area contributed by atoms with Crippen LogP contribution in [0.3, 0.4) is 0 Å². The second-order valence-electron chi connectivity index (χ2n) is 1.75. The van der Waals surface area contributed by atoms with E-state index in [9.17, 15) is 4.79 Å². The average Bonchev–Trinajstić information content (AvgIpc) is 1.87. The van der Waals surface area contributed by atoms with Crippen LogP contribution in [0.1, 0.15) is 6.42 Å². The minimum atomic E-state index is -0.111. The van der Waals surface area contributed by atoms with Crippen molar-refractivity contribution in [2.24, 2.45) is 0 Å². The molecule has 1 fully saturated rings. The molecule has 0 bridgehead atoms. The van der Waals surface area contributed by atoms with Gasteiger partial charge in [-0.25, -0.2) is 0 Å². The molecule has 7 heavy (non-hydrogen) atoms. The summed E-state index contributed by atoms with van der Waals surface area (Å²) in [6.45, 7) is 0.513. The number of carbonyl (C=O) groups is 1. The van der Waals surface area contributed by atoms with Crippen LogP contribution >= 0.6 is 0 Å². The number of carbonyl (C=O) groups excluding carboxylic acids is 1. The maximum Gasteiger partial charge on any atom is 0.312 e. The Hall–Kier alpha value is -0.570. The highest BCUT2D eigenvalue weighted by atomic mass is 16.5. The molecule has 1 heterocycles. The maximum absolute atomic E-state index is 10.2. The van der Waals surface area contributed by atoms with Gasteiger partial charge in [0.25, 0.3) is 0 Å². The molecule has 0 radical (unpaired) electrons. The van der Waals surface area contributed by atoms with Crippen LogP contribution in [0.2, 0.25) is 0 Å². The standard InChI is InChI=1S/C4H7NO2/c5-3-1-4(6)7-2-3/h3H,1-2,5H2/p+1. The Balaban J connectivity index is 2.40. The second kappa shape index (κ2) is 1.50. The van der Waals surface area contributed by atoms with Crippen molar-refractivity contribution in [3.63, 3.8) is 0 Å². The van der Waals surface area contributed by atoms with Gasteiger partial charge in [0.1, 0.15) is 19.1 Å². The number of cyclic esters (lactones) is 1. The molecule has 1 aliphatic heterocycles. The second-order valence-corrected chi connectivity index (χ2v) is 1.75. The number of hydrogen-bond donors (Lipinski definition) is 1. The summed E-state index contributed by atoms with van der Waals surface area (Å²) in [4.78, 5) is 10.2. The van der Waals surface area contributed by atoms with Crippen LogP contribution in [0.15, 0.2) is 0 Å². The van der Waals surface area contributed by atoms with Gasteiger partial charge in [-0.2, -0.15) is 0 Å². The quantitative estimate of drug-likeness (QED) is 0.380. The minimum Gasteiger partial charge on any atom is -0.459 e. The highest BCUT2D eigenvalue weighted by molar-refractivity contribution is 5.71. The highest BCUT2D eigenvalue weighted by Crippen LogP contribution is 1.99. The van der Waals surface area contributed by atoms with E-state index in [1.807, 2.05) is 0 Å². The van der Waals surface area contributed by atoms with Crippen molar-refractivity contribution < 1.29 is 15.3 Å². The van der Waals surface area contributed by atoms with Gasteiger partial charge in [-0.3, -0.25) is 4.79 Å². The number of hydrogen-bond acceptors (Lipinski definition) is 2. The summed E-state index contributed by atoms with van der Waals surface area (Å²) in [7, 11) is 0. The Labute approximate surface area is 41.4 Å². The zero-order chi connectivity index (χ0) is 5.28. The Bertz CT molecular complexity index is 91.7. The fourth-order valence-corrected chi connectivity index (χ4v) is 0.564. The van der Waals surface area contributed by atoms with Gasteiger partial charge in [-0.1, -0.05) is 0 Å². The first-order chi connectivity index (χ1) is 3.29. The lowest BCUT2D eigenvalue weighted by Gasteiger charge is -1.85. The van der Waals surface area contributed by atoms with E-state index in [2.05, 4.69) is 10.5 Å². The fraction of sp³-hybridized carbons (Fsp3) is 0.750. The number of quaternary nitrogens is 1. The van der Waals surface area contributed by atoms with Crippen LogP contribution < -0.4 is 5.73 Å². The lowest BCUT2D eigenvalue weighted by atomic mass is 10.3. The molecule has 0 aromatic rings. The lowest BCUT2D eigenvalue weighted by Crippen LogP contribution is -2.61. The van der Waals surface area contributed by atoms with Crippen LogP contribution in [-0.2, 0) is 9.53 Å². The van der Waals surface area contributed by atoms with E-state index in [1.54, 1.807) is 0 Å². The molecule has 40 valence electrons. The van der Waals surface area contributed by atoms with Crippen molar-refractivity contribution in [1.82, 2.24) is 0 Å². The molecule has 3 nitrogen and oxygen atoms in total. The molecule has 0 aromatic heterocycles. The first-order valence-corrected chi connectivity index (χ1v) is 2.28. The van der Waals surface area contributed by atoms with Gasteiger partial charge in [0.2, 0.25) is 0 Å². The van der Waals surface area contributed by atoms with E-state index in [1.165, 1.54) is 0 Å². The van der Waals surface area contributed by atoms with Crippen molar-refractivity contribution in [3.8, 4) is 0 Å². The Morgan fingerprint density at radius 2 is 2.57 bits per heavy atom. The van der Waals surface area contributed by atoms with E-state index in [0.717, 1.165) is 0 Å². The van der Waals surface area contributed by atoms with Gasteiger partial charge >= 0.3 is 5.97 Å². The molecule has 1 saturated heterocycles. The van der Waals surface area contributed by atoms with Gasteiger partial charge < -0.3 is 10.5 Å². The van der Waals surface area contributed by atoms with E-state index in [4.69, 9.17) is 0 Å². The summed E-state index contributed by atoms with van der Waals surface area (Å²) in [5.74, 6) is -0.111. The van der Waals surface area contributed by atoms with Crippen LogP contribution in [0.25, 0.3) is 0 Å². The van der Waals surface area contributed by atoms with Crippen LogP contribution in [0.4, 0.5) is 0 Å². The van der Waals surface area contributed by atoms with Crippen molar-refractivity contribution in [1.29, 1.82) is 0 Å². The summed E-state index contributed by atoms with van der Waals surface area (Å²) in [5, 5.41) is 0. The van der Waals surface area contributed by atoms with Crippen LogP contribution in [0.5, 0.6) is 0 Å². The molecule has 0 spiro atoms. The molecule has 0 aromatic carbocycles. The van der Waals surface area contributed by atoms with Crippen molar-refractivity contribution in [3.05, 3.63) is 0 Å². The molecule has 1 rings (SSSR count). The summed E-state index contributed by atoms with van der Waals surface area (Å²) in [5.41, 5.74) is 3.64. The number of rotatable bonds is 0. The molecule has 3 heteroatoms. The number of ether oxygens (including phenoxy) is 1. The number of esters is 1. The van der Waals surface area contributed by atoms with Gasteiger partial charge in [-0.15, -0.1) is 0 Å². The summed E-state index contributed by atoms with van der Waals surface area (Å²) in [6.07, 6.45) is 0.500. The first kappa shape index (κ1) is 4.59. The average molecular weight is 102 g/mol. The van der Waals surface area contributed by atoms with Gasteiger partial charge in [0.05, 0.1) is 0 Å². The largest absolute Gasteiger partial charge is 0.459 e. The molecular formula is C4H8NO2+.